The first-order chi connectivity index (χ1) is 8.81. The molecule has 1 aromatic carbocycles. The Labute approximate surface area is 106 Å². The predicted molar refractivity (Wildman–Crippen MR) is 67.4 cm³/mol. The number of benzene rings is 1. The number of nitrogens with zero attached hydrogens (tertiary/aromatic N) is 1. The summed E-state index contributed by atoms with van der Waals surface area (Å²) >= 11 is 0. The number of aromatic nitrogens is 1. The molecular formula is C14H15NO3. The van der Waals surface area contributed by atoms with Gasteiger partial charge in [0.15, 0.2) is 0 Å². The van der Waals surface area contributed by atoms with Crippen LogP contribution >= 0.6 is 0 Å². The van der Waals surface area contributed by atoms with Crippen LogP contribution in [0.1, 0.15) is 11.1 Å². The summed E-state index contributed by atoms with van der Waals surface area (Å²) in [5, 5.41) is 8.92. The minimum atomic E-state index is -0.0173. The van der Waals surface area contributed by atoms with Gasteiger partial charge in [0.2, 0.25) is 5.88 Å². The van der Waals surface area contributed by atoms with Crippen LogP contribution in [0.15, 0.2) is 42.6 Å². The van der Waals surface area contributed by atoms with E-state index < -0.39 is 0 Å². The van der Waals surface area contributed by atoms with Crippen LogP contribution in [0.5, 0.6) is 11.6 Å². The van der Waals surface area contributed by atoms with Crippen LogP contribution in [-0.2, 0) is 18.0 Å². The number of hydrogen-bond donors (Lipinski definition) is 1. The van der Waals surface area contributed by atoms with Gasteiger partial charge in [0.1, 0.15) is 5.75 Å². The standard InChI is InChI=1S/C14H15NO3/c1-17-10-11-3-2-4-13(7-11)18-14-6-5-12(9-16)8-15-14/h2-8,16H,9-10H2,1H3. The third-order valence-electron chi connectivity index (χ3n) is 2.41. The number of methoxy groups -OCH3 is 1. The first-order valence-electron chi connectivity index (χ1n) is 5.63. The van der Waals surface area contributed by atoms with Crippen LogP contribution < -0.4 is 4.74 Å². The van der Waals surface area contributed by atoms with Gasteiger partial charge in [0.05, 0.1) is 13.2 Å². The van der Waals surface area contributed by atoms with Gasteiger partial charge in [0, 0.05) is 19.4 Å². The van der Waals surface area contributed by atoms with Gasteiger partial charge in [0.25, 0.3) is 0 Å². The van der Waals surface area contributed by atoms with E-state index in [9.17, 15) is 0 Å². The van der Waals surface area contributed by atoms with Crippen molar-refractivity contribution in [3.8, 4) is 11.6 Å². The Balaban J connectivity index is 2.09. The van der Waals surface area contributed by atoms with E-state index in [1.165, 1.54) is 0 Å². The maximum atomic E-state index is 8.92. The van der Waals surface area contributed by atoms with E-state index in [0.29, 0.717) is 18.2 Å². The van der Waals surface area contributed by atoms with Crippen LogP contribution in [0.4, 0.5) is 0 Å². The smallest absolute Gasteiger partial charge is 0.219 e. The molecular weight excluding hydrogens is 230 g/mol. The molecule has 94 valence electrons. The lowest BCUT2D eigenvalue weighted by molar-refractivity contribution is 0.184. The zero-order valence-corrected chi connectivity index (χ0v) is 10.2. The van der Waals surface area contributed by atoms with Gasteiger partial charge in [-0.25, -0.2) is 4.98 Å². The molecule has 0 amide bonds. The van der Waals surface area contributed by atoms with E-state index in [4.69, 9.17) is 14.6 Å². The zero-order chi connectivity index (χ0) is 12.8. The van der Waals surface area contributed by atoms with Gasteiger partial charge in [-0.15, -0.1) is 0 Å². The molecule has 1 N–H and O–H groups in total. The molecule has 0 unspecified atom stereocenters. The molecule has 0 spiro atoms. The van der Waals surface area contributed by atoms with Gasteiger partial charge in [-0.3, -0.25) is 0 Å². The lowest BCUT2D eigenvalue weighted by Gasteiger charge is -2.06. The molecule has 2 rings (SSSR count). The molecule has 0 saturated carbocycles. The fourth-order valence-corrected chi connectivity index (χ4v) is 1.55. The topological polar surface area (TPSA) is 51.6 Å². The van der Waals surface area contributed by atoms with E-state index in [0.717, 1.165) is 11.1 Å². The molecule has 0 fully saturated rings. The molecule has 18 heavy (non-hydrogen) atoms. The van der Waals surface area contributed by atoms with Gasteiger partial charge < -0.3 is 14.6 Å². The van der Waals surface area contributed by atoms with Crippen molar-refractivity contribution < 1.29 is 14.6 Å². The van der Waals surface area contributed by atoms with E-state index in [2.05, 4.69) is 4.98 Å². The van der Waals surface area contributed by atoms with Crippen molar-refractivity contribution in [3.63, 3.8) is 0 Å². The Hall–Kier alpha value is -1.91. The number of ether oxygens (including phenoxy) is 2. The molecule has 2 aromatic rings. The van der Waals surface area contributed by atoms with Crippen LogP contribution in [0.25, 0.3) is 0 Å². The molecule has 0 atom stereocenters. The molecule has 0 saturated heterocycles. The van der Waals surface area contributed by atoms with Crippen molar-refractivity contribution in [3.05, 3.63) is 53.7 Å². The first-order valence-corrected chi connectivity index (χ1v) is 5.63. The van der Waals surface area contributed by atoms with E-state index >= 15 is 0 Å². The predicted octanol–water partition coefficient (Wildman–Crippen LogP) is 2.51. The van der Waals surface area contributed by atoms with Crippen LogP contribution in [0.2, 0.25) is 0 Å². The lowest BCUT2D eigenvalue weighted by atomic mass is 10.2. The first kappa shape index (κ1) is 12.5. The molecule has 0 radical (unpaired) electrons. The SMILES string of the molecule is COCc1cccc(Oc2ccc(CO)cn2)c1. The van der Waals surface area contributed by atoms with Crippen LogP contribution in [0, 0.1) is 0 Å². The molecule has 0 bridgehead atoms. The number of aliphatic hydroxyl groups excluding tert-OH is 1. The second kappa shape index (κ2) is 6.14. The number of rotatable bonds is 5. The van der Waals surface area contributed by atoms with Gasteiger partial charge >= 0.3 is 0 Å². The Morgan fingerprint density at radius 1 is 1.17 bits per heavy atom. The van der Waals surface area contributed by atoms with Crippen LogP contribution in [-0.4, -0.2) is 17.2 Å². The van der Waals surface area contributed by atoms with E-state index in [1.807, 2.05) is 24.3 Å². The maximum absolute atomic E-state index is 8.92. The van der Waals surface area contributed by atoms with E-state index in [1.54, 1.807) is 25.4 Å². The average Bonchev–Trinajstić information content (AvgIpc) is 2.40. The van der Waals surface area contributed by atoms with Crippen molar-refractivity contribution in [1.82, 2.24) is 4.98 Å². The second-order valence-corrected chi connectivity index (χ2v) is 3.85. The summed E-state index contributed by atoms with van der Waals surface area (Å²) in [6.45, 7) is 0.532. The highest BCUT2D eigenvalue weighted by Gasteiger charge is 2.00. The largest absolute Gasteiger partial charge is 0.439 e. The summed E-state index contributed by atoms with van der Waals surface area (Å²) in [5.41, 5.74) is 1.80. The molecule has 0 aliphatic carbocycles. The summed E-state index contributed by atoms with van der Waals surface area (Å²) in [5.74, 6) is 1.22. The Kier molecular flexibility index (Phi) is 4.28. The molecule has 0 aliphatic rings. The minimum Gasteiger partial charge on any atom is -0.439 e. The monoisotopic (exact) mass is 245 g/mol. The second-order valence-electron chi connectivity index (χ2n) is 3.85. The van der Waals surface area contributed by atoms with Gasteiger partial charge in [-0.2, -0.15) is 0 Å². The zero-order valence-electron chi connectivity index (χ0n) is 10.2. The van der Waals surface area contributed by atoms with Crippen molar-refractivity contribution in [2.45, 2.75) is 13.2 Å². The van der Waals surface area contributed by atoms with Crippen molar-refractivity contribution >= 4 is 0 Å². The number of hydrogen-bond acceptors (Lipinski definition) is 4. The normalized spacial score (nSPS) is 10.3. The fraction of sp³-hybridized carbons (Fsp3) is 0.214. The highest BCUT2D eigenvalue weighted by Crippen LogP contribution is 2.20. The fourth-order valence-electron chi connectivity index (χ4n) is 1.55. The number of aliphatic hydroxyl groups is 1. The average molecular weight is 245 g/mol. The van der Waals surface area contributed by atoms with Crippen LogP contribution in [0.3, 0.4) is 0 Å². The quantitative estimate of drug-likeness (QED) is 0.879. The van der Waals surface area contributed by atoms with Crippen molar-refractivity contribution in [2.24, 2.45) is 0 Å². The van der Waals surface area contributed by atoms with E-state index in [-0.39, 0.29) is 6.61 Å². The summed E-state index contributed by atoms with van der Waals surface area (Å²) in [7, 11) is 1.66. The lowest BCUT2D eigenvalue weighted by Crippen LogP contribution is -1.92. The van der Waals surface area contributed by atoms with Crippen molar-refractivity contribution in [2.75, 3.05) is 7.11 Å². The minimum absolute atomic E-state index is 0.0173. The maximum Gasteiger partial charge on any atom is 0.219 e. The molecule has 4 heteroatoms. The molecule has 0 aliphatic heterocycles. The number of pyridine rings is 1. The molecule has 4 nitrogen and oxygen atoms in total. The highest BCUT2D eigenvalue weighted by molar-refractivity contribution is 5.31. The molecule has 1 heterocycles. The Morgan fingerprint density at radius 3 is 2.72 bits per heavy atom. The third-order valence-corrected chi connectivity index (χ3v) is 2.41. The highest BCUT2D eigenvalue weighted by atomic mass is 16.5. The Morgan fingerprint density at radius 2 is 2.06 bits per heavy atom. The third kappa shape index (κ3) is 3.29. The van der Waals surface area contributed by atoms with Gasteiger partial charge in [-0.05, 0) is 29.3 Å². The van der Waals surface area contributed by atoms with Gasteiger partial charge in [-0.1, -0.05) is 12.1 Å². The summed E-state index contributed by atoms with van der Waals surface area (Å²) in [4.78, 5) is 4.11. The van der Waals surface area contributed by atoms with Crippen molar-refractivity contribution in [1.29, 1.82) is 0 Å². The summed E-state index contributed by atoms with van der Waals surface area (Å²) in [6, 6.07) is 11.2. The summed E-state index contributed by atoms with van der Waals surface area (Å²) < 4.78 is 10.7. The molecule has 1 aromatic heterocycles. The Bertz CT molecular complexity index is 497. The summed E-state index contributed by atoms with van der Waals surface area (Å²) in [6.07, 6.45) is 1.59.